The predicted octanol–water partition coefficient (Wildman–Crippen LogP) is 16.1. The van der Waals surface area contributed by atoms with Crippen molar-refractivity contribution < 1.29 is 8.83 Å². The van der Waals surface area contributed by atoms with E-state index < -0.39 is 5.41 Å². The largest absolute Gasteiger partial charge is 0.456 e. The number of hydrogen-bond acceptors (Lipinski definition) is 4. The van der Waals surface area contributed by atoms with Crippen LogP contribution in [0.4, 0.5) is 17.1 Å². The molecule has 4 heteroatoms. The van der Waals surface area contributed by atoms with E-state index >= 15 is 0 Å². The molecule has 3 nitrogen and oxygen atoms in total. The van der Waals surface area contributed by atoms with Crippen LogP contribution in [0.1, 0.15) is 47.2 Å². The second-order valence-corrected chi connectivity index (χ2v) is 18.6. The molecule has 9 aromatic carbocycles. The highest BCUT2D eigenvalue weighted by atomic mass is 32.2. The van der Waals surface area contributed by atoms with Crippen molar-refractivity contribution in [2.45, 2.75) is 34.5 Å². The fraction of sp³-hybridized carbons (Fsp3) is 0.0690. The van der Waals surface area contributed by atoms with Crippen LogP contribution in [-0.4, -0.2) is 0 Å². The summed E-state index contributed by atoms with van der Waals surface area (Å²) >= 11 is 1.87. The summed E-state index contributed by atoms with van der Waals surface area (Å²) in [7, 11) is 0. The molecule has 0 radical (unpaired) electrons. The Labute approximate surface area is 362 Å². The lowest BCUT2D eigenvalue weighted by molar-refractivity contribution is 0.660. The van der Waals surface area contributed by atoms with Crippen LogP contribution >= 0.6 is 11.8 Å². The van der Waals surface area contributed by atoms with Gasteiger partial charge in [0.15, 0.2) is 0 Å². The Balaban J connectivity index is 1.05. The molecule has 2 aromatic heterocycles. The SMILES string of the molecule is CC1(C)c2ccccc2-c2ccc(N(c3ccc4oc5ccccc5c4c3)c3cccc4oc5cc6c(cc5c34)-c3ccccc3C63c4ccccc4Sc4ccccc43)cc21. The third-order valence-electron chi connectivity index (χ3n) is 14.1. The van der Waals surface area contributed by atoms with Gasteiger partial charge in [0.05, 0.1) is 16.5 Å². The molecule has 0 N–H and O–H groups in total. The average molecular weight is 812 g/mol. The van der Waals surface area contributed by atoms with Gasteiger partial charge in [-0.3, -0.25) is 0 Å². The van der Waals surface area contributed by atoms with Crippen molar-refractivity contribution in [2.24, 2.45) is 0 Å². The van der Waals surface area contributed by atoms with Crippen LogP contribution in [0.25, 0.3) is 66.1 Å². The monoisotopic (exact) mass is 811 g/mol. The van der Waals surface area contributed by atoms with E-state index in [1.165, 1.54) is 65.4 Å². The van der Waals surface area contributed by atoms with Crippen LogP contribution in [0.3, 0.4) is 0 Å². The summed E-state index contributed by atoms with van der Waals surface area (Å²) in [5.41, 5.74) is 19.1. The smallest absolute Gasteiger partial charge is 0.137 e. The van der Waals surface area contributed by atoms with Crippen molar-refractivity contribution >= 4 is 72.7 Å². The number of fused-ring (bicyclic) bond motifs is 18. The summed E-state index contributed by atoms with van der Waals surface area (Å²) in [5, 5.41) is 4.38. The highest BCUT2D eigenvalue weighted by molar-refractivity contribution is 7.99. The van der Waals surface area contributed by atoms with Crippen molar-refractivity contribution in [3.05, 3.63) is 221 Å². The Morgan fingerprint density at radius 3 is 1.79 bits per heavy atom. The van der Waals surface area contributed by atoms with Crippen molar-refractivity contribution in [1.29, 1.82) is 0 Å². The van der Waals surface area contributed by atoms with E-state index in [-0.39, 0.29) is 5.41 Å². The summed E-state index contributed by atoms with van der Waals surface area (Å²) < 4.78 is 13.4. The number of anilines is 3. The highest BCUT2D eigenvalue weighted by Crippen LogP contribution is 2.63. The summed E-state index contributed by atoms with van der Waals surface area (Å²) in [5.74, 6) is 0. The van der Waals surface area contributed by atoms with E-state index in [9.17, 15) is 0 Å². The molecule has 3 aliphatic rings. The summed E-state index contributed by atoms with van der Waals surface area (Å²) in [4.78, 5) is 5.02. The standard InChI is InChI=1S/C58H37NO2S/c1-57(2)43-17-6-3-14-36(43)38-28-26-35(31-47(38)57)59(34-27-29-51-41(30-34)39-16-5-10-22-50(39)60-51)49-21-13-23-52-56(49)42-32-40-37-15-4-7-18-44(37)58(48(40)33-53(42)61-52)45-19-8-11-24-54(45)62-55-25-12-9-20-46(55)58/h3-33H,1-2H3. The molecular weight excluding hydrogens is 775 g/mol. The van der Waals surface area contributed by atoms with Crippen LogP contribution in [-0.2, 0) is 10.8 Å². The number of furan rings is 2. The van der Waals surface area contributed by atoms with Gasteiger partial charge < -0.3 is 13.7 Å². The molecule has 292 valence electrons. The van der Waals surface area contributed by atoms with Gasteiger partial charge >= 0.3 is 0 Å². The first-order chi connectivity index (χ1) is 30.5. The highest BCUT2D eigenvalue weighted by Gasteiger charge is 2.50. The zero-order chi connectivity index (χ0) is 40.9. The van der Waals surface area contributed by atoms with Crippen molar-refractivity contribution in [1.82, 2.24) is 0 Å². The Bertz CT molecular complexity index is 3690. The molecule has 1 spiro atoms. The number of hydrogen-bond donors (Lipinski definition) is 0. The van der Waals surface area contributed by atoms with Gasteiger partial charge in [-0.15, -0.1) is 0 Å². The maximum atomic E-state index is 7.07. The number of para-hydroxylation sites is 1. The minimum atomic E-state index is -0.482. The zero-order valence-electron chi connectivity index (χ0n) is 34.1. The molecule has 1 aliphatic heterocycles. The molecule has 0 saturated carbocycles. The van der Waals surface area contributed by atoms with Crippen LogP contribution in [0.15, 0.2) is 207 Å². The van der Waals surface area contributed by atoms with Gasteiger partial charge in [0.2, 0.25) is 0 Å². The number of nitrogens with zero attached hydrogens (tertiary/aromatic N) is 1. The molecule has 2 aliphatic carbocycles. The maximum absolute atomic E-state index is 7.07. The molecular formula is C58H37NO2S. The number of rotatable bonds is 3. The van der Waals surface area contributed by atoms with Gasteiger partial charge in [0.25, 0.3) is 0 Å². The van der Waals surface area contributed by atoms with E-state index in [0.29, 0.717) is 0 Å². The van der Waals surface area contributed by atoms with Crippen molar-refractivity contribution in [2.75, 3.05) is 4.90 Å². The van der Waals surface area contributed by atoms with Crippen molar-refractivity contribution in [3.63, 3.8) is 0 Å². The van der Waals surface area contributed by atoms with Gasteiger partial charge in [0.1, 0.15) is 22.3 Å². The molecule has 62 heavy (non-hydrogen) atoms. The third kappa shape index (κ3) is 4.37. The molecule has 0 bridgehead atoms. The summed E-state index contributed by atoms with van der Waals surface area (Å²) in [6, 6.07) is 69.2. The van der Waals surface area contributed by atoms with Gasteiger partial charge in [-0.1, -0.05) is 141 Å². The van der Waals surface area contributed by atoms with Crippen molar-refractivity contribution in [3.8, 4) is 22.3 Å². The maximum Gasteiger partial charge on any atom is 0.137 e. The molecule has 0 unspecified atom stereocenters. The van der Waals surface area contributed by atoms with Crippen LogP contribution < -0.4 is 4.90 Å². The third-order valence-corrected chi connectivity index (χ3v) is 15.3. The first-order valence-electron chi connectivity index (χ1n) is 21.4. The molecule has 0 fully saturated rings. The Morgan fingerprint density at radius 2 is 0.984 bits per heavy atom. The topological polar surface area (TPSA) is 29.5 Å². The fourth-order valence-electron chi connectivity index (χ4n) is 11.4. The fourth-order valence-corrected chi connectivity index (χ4v) is 12.6. The van der Waals surface area contributed by atoms with E-state index in [4.69, 9.17) is 8.83 Å². The second kappa shape index (κ2) is 12.2. The Hall–Kier alpha value is -7.27. The first-order valence-corrected chi connectivity index (χ1v) is 22.2. The van der Waals surface area contributed by atoms with E-state index in [1.54, 1.807) is 0 Å². The zero-order valence-corrected chi connectivity index (χ0v) is 34.9. The van der Waals surface area contributed by atoms with Crippen LogP contribution in [0, 0.1) is 0 Å². The predicted molar refractivity (Wildman–Crippen MR) is 255 cm³/mol. The quantitative estimate of drug-likeness (QED) is 0.178. The minimum absolute atomic E-state index is 0.161. The first kappa shape index (κ1) is 34.4. The molecule has 0 atom stereocenters. The summed E-state index contributed by atoms with van der Waals surface area (Å²) in [6.45, 7) is 4.71. The van der Waals surface area contributed by atoms with Gasteiger partial charge in [-0.25, -0.2) is 0 Å². The Kier molecular flexibility index (Phi) is 6.77. The normalized spacial score (nSPS) is 14.8. The molecule has 3 heterocycles. The second-order valence-electron chi connectivity index (χ2n) is 17.6. The van der Waals surface area contributed by atoms with E-state index in [2.05, 4.69) is 201 Å². The molecule has 0 amide bonds. The molecule has 11 aromatic rings. The summed E-state index contributed by atoms with van der Waals surface area (Å²) in [6.07, 6.45) is 0. The molecule has 14 rings (SSSR count). The van der Waals surface area contributed by atoms with Crippen LogP contribution in [0.2, 0.25) is 0 Å². The van der Waals surface area contributed by atoms with E-state index in [1.807, 2.05) is 17.8 Å². The number of benzene rings is 9. The lowest BCUT2D eigenvalue weighted by Gasteiger charge is -2.39. The van der Waals surface area contributed by atoms with Gasteiger partial charge in [-0.05, 0) is 128 Å². The minimum Gasteiger partial charge on any atom is -0.456 e. The lowest BCUT2D eigenvalue weighted by atomic mass is 9.67. The average Bonchev–Trinajstić information content (AvgIpc) is 4.02. The van der Waals surface area contributed by atoms with Gasteiger partial charge in [-0.2, -0.15) is 0 Å². The molecule has 0 saturated heterocycles. The van der Waals surface area contributed by atoms with Gasteiger partial charge in [0, 0.05) is 42.7 Å². The lowest BCUT2D eigenvalue weighted by Crippen LogP contribution is -2.31. The van der Waals surface area contributed by atoms with Crippen LogP contribution in [0.5, 0.6) is 0 Å². The van der Waals surface area contributed by atoms with E-state index in [0.717, 1.165) is 60.9 Å². The Morgan fingerprint density at radius 1 is 0.387 bits per heavy atom.